The highest BCUT2D eigenvalue weighted by molar-refractivity contribution is 5.89. The number of hydrogen-bond acceptors (Lipinski definition) is 8. The summed E-state index contributed by atoms with van der Waals surface area (Å²) in [7, 11) is 0. The number of aliphatic carboxylic acids is 2. The third kappa shape index (κ3) is 5.31. The summed E-state index contributed by atoms with van der Waals surface area (Å²) in [6.45, 7) is 1.04. The number of carbonyl (C=O) groups excluding carboxylic acids is 2. The molecule has 0 aromatic rings. The maximum atomic E-state index is 11.3. The molecule has 2 unspecified atom stereocenters. The molecule has 0 heterocycles. The summed E-state index contributed by atoms with van der Waals surface area (Å²) in [5.41, 5.74) is -2.79. The Morgan fingerprint density at radius 2 is 1.63 bits per heavy atom. The number of hydrogen-bond donors (Lipinski definition) is 4. The second-order valence-corrected chi connectivity index (χ2v) is 3.65. The van der Waals surface area contributed by atoms with Gasteiger partial charge in [0.05, 0.1) is 12.8 Å². The van der Waals surface area contributed by atoms with Crippen LogP contribution in [0.4, 0.5) is 0 Å². The van der Waals surface area contributed by atoms with Crippen molar-refractivity contribution in [3.63, 3.8) is 0 Å². The second kappa shape index (κ2) is 6.66. The Morgan fingerprint density at radius 1 is 1.16 bits per heavy atom. The van der Waals surface area contributed by atoms with Crippen LogP contribution in [0.2, 0.25) is 0 Å². The number of aliphatic hydroxyl groups is 1. The molecule has 0 aliphatic heterocycles. The third-order valence-corrected chi connectivity index (χ3v) is 2.06. The van der Waals surface area contributed by atoms with E-state index in [1.54, 1.807) is 0 Å². The van der Waals surface area contributed by atoms with Crippen molar-refractivity contribution in [1.29, 1.82) is 0 Å². The summed E-state index contributed by atoms with van der Waals surface area (Å²) in [5, 5.41) is 26.8. The van der Waals surface area contributed by atoms with Crippen LogP contribution in [0, 0.1) is 0 Å². The lowest BCUT2D eigenvalue weighted by atomic mass is 9.96. The smallest absolute Gasteiger partial charge is 0.344 e. The molecule has 10 nitrogen and oxygen atoms in total. The monoisotopic (exact) mass is 279 g/mol. The van der Waals surface area contributed by atoms with Gasteiger partial charge >= 0.3 is 23.9 Å². The van der Waals surface area contributed by atoms with Gasteiger partial charge in [-0.25, -0.2) is 9.59 Å². The summed E-state index contributed by atoms with van der Waals surface area (Å²) >= 11 is 0. The van der Waals surface area contributed by atoms with Gasteiger partial charge in [0.15, 0.2) is 11.7 Å². The summed E-state index contributed by atoms with van der Waals surface area (Å²) in [6, 6.07) is 0. The van der Waals surface area contributed by atoms with Crippen molar-refractivity contribution in [1.82, 2.24) is 0 Å². The minimum Gasteiger partial charge on any atom is -0.479 e. The van der Waals surface area contributed by atoms with Gasteiger partial charge in [-0.2, -0.15) is 5.90 Å². The Hall–Kier alpha value is -2.20. The molecule has 19 heavy (non-hydrogen) atoms. The predicted molar refractivity (Wildman–Crippen MR) is 55.3 cm³/mol. The first kappa shape index (κ1) is 16.8. The molecule has 0 aliphatic carbocycles. The number of ether oxygens (including phenoxy) is 1. The zero-order valence-electron chi connectivity index (χ0n) is 9.86. The van der Waals surface area contributed by atoms with Crippen LogP contribution in [-0.4, -0.2) is 50.9 Å². The number of esters is 1. The van der Waals surface area contributed by atoms with E-state index >= 15 is 0 Å². The van der Waals surface area contributed by atoms with Crippen molar-refractivity contribution < 1.29 is 44.1 Å². The molecule has 0 bridgehead atoms. The van der Waals surface area contributed by atoms with Crippen molar-refractivity contribution in [3.8, 4) is 0 Å². The van der Waals surface area contributed by atoms with E-state index in [1.807, 2.05) is 0 Å². The molecular weight excluding hydrogens is 266 g/mol. The Kier molecular flexibility index (Phi) is 5.89. The number of rotatable bonds is 7. The summed E-state index contributed by atoms with van der Waals surface area (Å²) in [4.78, 5) is 47.0. The van der Waals surface area contributed by atoms with Gasteiger partial charge < -0.3 is 24.9 Å². The molecule has 0 amide bonds. The maximum Gasteiger partial charge on any atom is 0.344 e. The molecule has 0 aromatic carbocycles. The van der Waals surface area contributed by atoms with Crippen LogP contribution in [-0.2, 0) is 28.8 Å². The van der Waals surface area contributed by atoms with Crippen molar-refractivity contribution in [2.45, 2.75) is 31.5 Å². The van der Waals surface area contributed by atoms with E-state index in [1.165, 1.54) is 0 Å². The highest BCUT2D eigenvalue weighted by Crippen LogP contribution is 2.18. The van der Waals surface area contributed by atoms with Gasteiger partial charge in [0, 0.05) is 0 Å². The fourth-order valence-corrected chi connectivity index (χ4v) is 1.02. The summed E-state index contributed by atoms with van der Waals surface area (Å²) in [5.74, 6) is -1.41. The van der Waals surface area contributed by atoms with Crippen LogP contribution in [0.1, 0.15) is 19.8 Å². The summed E-state index contributed by atoms with van der Waals surface area (Å²) in [6.07, 6.45) is -3.74. The van der Waals surface area contributed by atoms with E-state index in [0.717, 1.165) is 6.92 Å². The van der Waals surface area contributed by atoms with Crippen LogP contribution >= 0.6 is 0 Å². The fourth-order valence-electron chi connectivity index (χ4n) is 1.02. The van der Waals surface area contributed by atoms with E-state index in [9.17, 15) is 24.3 Å². The second-order valence-electron chi connectivity index (χ2n) is 3.65. The number of carboxylic acid groups (broad SMARTS) is 2. The SMILES string of the molecule is CC(OC(=O)CC(O)(CC(=O)ON)C(=O)O)C(=O)O. The zero-order chi connectivity index (χ0) is 15.2. The quantitative estimate of drug-likeness (QED) is 0.302. The molecule has 108 valence electrons. The maximum absolute atomic E-state index is 11.3. The molecule has 10 heteroatoms. The van der Waals surface area contributed by atoms with E-state index in [2.05, 4.69) is 15.5 Å². The van der Waals surface area contributed by atoms with E-state index < -0.39 is 48.4 Å². The van der Waals surface area contributed by atoms with E-state index in [-0.39, 0.29) is 0 Å². The lowest BCUT2D eigenvalue weighted by molar-refractivity contribution is -0.177. The molecule has 0 fully saturated rings. The molecule has 0 saturated heterocycles. The van der Waals surface area contributed by atoms with Gasteiger partial charge in [-0.15, -0.1) is 0 Å². The zero-order valence-corrected chi connectivity index (χ0v) is 9.86. The number of carboxylic acids is 2. The van der Waals surface area contributed by atoms with Crippen LogP contribution < -0.4 is 5.90 Å². The highest BCUT2D eigenvalue weighted by Gasteiger charge is 2.42. The minimum atomic E-state index is -2.79. The minimum absolute atomic E-state index is 1.04. The molecule has 0 rings (SSSR count). The largest absolute Gasteiger partial charge is 0.479 e. The van der Waals surface area contributed by atoms with Crippen molar-refractivity contribution >= 4 is 23.9 Å². The molecule has 0 saturated carbocycles. The van der Waals surface area contributed by atoms with Crippen LogP contribution in [0.15, 0.2) is 0 Å². The highest BCUT2D eigenvalue weighted by atomic mass is 16.7. The molecule has 0 aliphatic rings. The van der Waals surface area contributed by atoms with Crippen LogP contribution in [0.5, 0.6) is 0 Å². The van der Waals surface area contributed by atoms with Crippen molar-refractivity contribution in [2.75, 3.05) is 0 Å². The Morgan fingerprint density at radius 3 is 2.00 bits per heavy atom. The van der Waals surface area contributed by atoms with Gasteiger partial charge in [0.2, 0.25) is 0 Å². The summed E-state index contributed by atoms with van der Waals surface area (Å²) < 4.78 is 4.33. The lowest BCUT2D eigenvalue weighted by Crippen LogP contribution is -2.44. The van der Waals surface area contributed by atoms with Gasteiger partial charge in [-0.1, -0.05) is 0 Å². The Bertz CT molecular complexity index is 393. The molecule has 5 N–H and O–H groups in total. The average Bonchev–Trinajstić information content (AvgIpc) is 2.27. The number of nitrogens with two attached hydrogens (primary N) is 1. The van der Waals surface area contributed by atoms with Gasteiger partial charge in [0.25, 0.3) is 0 Å². The fraction of sp³-hybridized carbons (Fsp3) is 0.556. The molecule has 0 spiro atoms. The van der Waals surface area contributed by atoms with Gasteiger partial charge in [-0.3, -0.25) is 9.59 Å². The average molecular weight is 279 g/mol. The Balaban J connectivity index is 4.75. The first-order valence-electron chi connectivity index (χ1n) is 4.90. The van der Waals surface area contributed by atoms with Crippen molar-refractivity contribution in [3.05, 3.63) is 0 Å². The Labute approximate surface area is 106 Å². The molecular formula is C9H13NO9. The molecule has 0 radical (unpaired) electrons. The number of carbonyl (C=O) groups is 4. The first-order valence-corrected chi connectivity index (χ1v) is 4.90. The van der Waals surface area contributed by atoms with Crippen LogP contribution in [0.3, 0.4) is 0 Å². The standard InChI is InChI=1S/C9H13NO9/c1-4(7(13)14)18-5(11)2-9(17,8(15)16)3-6(12)19-10/h4,17H,2-3,10H2,1H3,(H,13,14)(H,15,16). The van der Waals surface area contributed by atoms with E-state index in [4.69, 9.17) is 10.2 Å². The third-order valence-electron chi connectivity index (χ3n) is 2.06. The van der Waals surface area contributed by atoms with E-state index in [0.29, 0.717) is 0 Å². The lowest BCUT2D eigenvalue weighted by Gasteiger charge is -2.21. The normalized spacial score (nSPS) is 14.9. The predicted octanol–water partition coefficient (Wildman–Crippen LogP) is -1.98. The molecule has 0 aromatic heterocycles. The van der Waals surface area contributed by atoms with Crippen molar-refractivity contribution in [2.24, 2.45) is 5.90 Å². The van der Waals surface area contributed by atoms with Gasteiger partial charge in [-0.05, 0) is 6.92 Å². The topological polar surface area (TPSA) is 173 Å². The first-order chi connectivity index (χ1) is 8.62. The van der Waals surface area contributed by atoms with Crippen LogP contribution in [0.25, 0.3) is 0 Å². The van der Waals surface area contributed by atoms with Gasteiger partial charge in [0.1, 0.15) is 0 Å². The molecule has 2 atom stereocenters.